The highest BCUT2D eigenvalue weighted by atomic mass is 32.2. The first kappa shape index (κ1) is 31.2. The van der Waals surface area contributed by atoms with Crippen LogP contribution in [0, 0.1) is 11.7 Å². The van der Waals surface area contributed by atoms with Crippen LogP contribution in [0.4, 0.5) is 9.18 Å². The van der Waals surface area contributed by atoms with Gasteiger partial charge in [-0.25, -0.2) is 21.9 Å². The van der Waals surface area contributed by atoms with Crippen LogP contribution in [-0.4, -0.2) is 84.3 Å². The van der Waals surface area contributed by atoms with E-state index in [1.165, 1.54) is 21.3 Å². The lowest BCUT2D eigenvalue weighted by molar-refractivity contribution is -0.136. The molecule has 0 spiro atoms. The molecule has 240 valence electrons. The minimum Gasteiger partial charge on any atom is -0.445 e. The van der Waals surface area contributed by atoms with Crippen molar-refractivity contribution in [3.63, 3.8) is 0 Å². The van der Waals surface area contributed by atoms with Gasteiger partial charge in [-0.15, -0.1) is 0 Å². The van der Waals surface area contributed by atoms with Crippen molar-refractivity contribution in [2.45, 2.75) is 63.6 Å². The van der Waals surface area contributed by atoms with E-state index in [1.807, 2.05) is 30.3 Å². The van der Waals surface area contributed by atoms with Crippen LogP contribution in [0.15, 0.2) is 42.5 Å². The van der Waals surface area contributed by atoms with E-state index in [0.717, 1.165) is 5.56 Å². The summed E-state index contributed by atoms with van der Waals surface area (Å²) in [6.45, 7) is 1.79. The van der Waals surface area contributed by atoms with Gasteiger partial charge in [0.1, 0.15) is 18.5 Å². The Morgan fingerprint density at radius 2 is 1.67 bits per heavy atom. The maximum absolute atomic E-state index is 14.7. The molecule has 0 aromatic heterocycles. The summed E-state index contributed by atoms with van der Waals surface area (Å²) in [4.78, 5) is 52.8. The second-order valence-corrected chi connectivity index (χ2v) is 14.4. The van der Waals surface area contributed by atoms with Crippen LogP contribution in [0.2, 0.25) is 0 Å². The third-order valence-corrected chi connectivity index (χ3v) is 11.5. The molecule has 1 unspecified atom stereocenters. The number of nitrogens with zero attached hydrogens (tertiary/aromatic N) is 3. The maximum Gasteiger partial charge on any atom is 0.410 e. The quantitative estimate of drug-likeness (QED) is 0.460. The van der Waals surface area contributed by atoms with Gasteiger partial charge in [0, 0.05) is 44.7 Å². The number of benzene rings is 2. The summed E-state index contributed by atoms with van der Waals surface area (Å²) in [5.41, 5.74) is 2.47. The Morgan fingerprint density at radius 3 is 2.36 bits per heavy atom. The van der Waals surface area contributed by atoms with Crippen molar-refractivity contribution in [3.8, 4) is 0 Å². The minimum atomic E-state index is -3.54. The van der Waals surface area contributed by atoms with Gasteiger partial charge in [0.2, 0.25) is 21.8 Å². The Bertz CT molecular complexity index is 1590. The third kappa shape index (κ3) is 6.74. The number of carbonyl (C=O) groups excluding carboxylic acids is 4. The Hall–Kier alpha value is -3.84. The molecule has 11 nitrogen and oxygen atoms in total. The average molecular weight is 641 g/mol. The van der Waals surface area contributed by atoms with Crippen molar-refractivity contribution in [2.75, 3.05) is 31.9 Å². The molecule has 3 fully saturated rings. The minimum absolute atomic E-state index is 0.00928. The maximum atomic E-state index is 14.7. The number of fused-ring (bicyclic) bond motifs is 1. The molecule has 6 rings (SSSR count). The fraction of sp³-hybridized carbons (Fsp3) is 0.500. The summed E-state index contributed by atoms with van der Waals surface area (Å²) < 4.78 is 48.4. The van der Waals surface area contributed by atoms with E-state index in [0.29, 0.717) is 49.9 Å². The van der Waals surface area contributed by atoms with Gasteiger partial charge >= 0.3 is 6.09 Å². The topological polar surface area (TPSA) is 133 Å². The summed E-state index contributed by atoms with van der Waals surface area (Å²) in [6, 6.07) is 11.3. The number of ether oxygens (including phenoxy) is 1. The monoisotopic (exact) mass is 640 g/mol. The molecule has 0 saturated carbocycles. The molecule has 45 heavy (non-hydrogen) atoms. The first-order valence-electron chi connectivity index (χ1n) is 15.5. The number of hydrogen-bond acceptors (Lipinski definition) is 7. The van der Waals surface area contributed by atoms with E-state index in [-0.39, 0.29) is 68.1 Å². The number of amides is 4. The Balaban J connectivity index is 1.02. The van der Waals surface area contributed by atoms with Crippen molar-refractivity contribution in [3.05, 3.63) is 70.5 Å². The van der Waals surface area contributed by atoms with Crippen LogP contribution in [0.1, 0.15) is 71.5 Å². The van der Waals surface area contributed by atoms with Crippen molar-refractivity contribution >= 4 is 33.8 Å². The smallest absolute Gasteiger partial charge is 0.410 e. The lowest BCUT2D eigenvalue weighted by atomic mass is 9.86. The number of halogens is 1. The first-order chi connectivity index (χ1) is 21.6. The molecule has 1 N–H and O–H groups in total. The highest BCUT2D eigenvalue weighted by Gasteiger charge is 2.41. The van der Waals surface area contributed by atoms with E-state index in [4.69, 9.17) is 4.74 Å². The third-order valence-electron chi connectivity index (χ3n) is 9.47. The van der Waals surface area contributed by atoms with Gasteiger partial charge in [0.15, 0.2) is 0 Å². The number of likely N-dealkylation sites (tertiary alicyclic amines) is 1. The summed E-state index contributed by atoms with van der Waals surface area (Å²) in [6.07, 6.45) is 2.06. The first-order valence-corrected chi connectivity index (χ1v) is 17.1. The molecule has 3 saturated heterocycles. The normalized spacial score (nSPS) is 22.0. The molecule has 2 aromatic rings. The standard InChI is InChI=1S/C32H37FN4O7S/c33-24-16-25(27-18-37(31(40)26(27)17-24)28-6-7-29(38)34-30(28)39)23-10-14-36(15-11-23)45(42,43)20-22-8-12-35(13-9-22)32(41)44-19-21-4-2-1-3-5-21/h1-5,16-17,22-23,28H,6-15,18-20H2,(H,34,38,39). The van der Waals surface area contributed by atoms with Crippen molar-refractivity contribution in [2.24, 2.45) is 5.92 Å². The molecule has 0 radical (unpaired) electrons. The molecule has 4 aliphatic heterocycles. The van der Waals surface area contributed by atoms with E-state index in [2.05, 4.69) is 5.32 Å². The van der Waals surface area contributed by atoms with E-state index < -0.39 is 39.8 Å². The summed E-state index contributed by atoms with van der Waals surface area (Å²) in [5.74, 6) is -2.08. The van der Waals surface area contributed by atoms with E-state index in [1.54, 1.807) is 4.90 Å². The van der Waals surface area contributed by atoms with Crippen molar-refractivity contribution < 1.29 is 36.7 Å². The van der Waals surface area contributed by atoms with E-state index >= 15 is 0 Å². The zero-order chi connectivity index (χ0) is 31.7. The van der Waals surface area contributed by atoms with Crippen LogP contribution in [0.5, 0.6) is 0 Å². The molecular formula is C32H37FN4O7S. The molecule has 4 heterocycles. The zero-order valence-corrected chi connectivity index (χ0v) is 25.8. The van der Waals surface area contributed by atoms with Crippen LogP contribution in [0.25, 0.3) is 0 Å². The van der Waals surface area contributed by atoms with Gasteiger partial charge < -0.3 is 14.5 Å². The number of hydrogen-bond donors (Lipinski definition) is 1. The molecule has 0 bridgehead atoms. The van der Waals surface area contributed by atoms with Crippen molar-refractivity contribution in [1.29, 1.82) is 0 Å². The van der Waals surface area contributed by atoms with Gasteiger partial charge in [-0.2, -0.15) is 0 Å². The number of carbonyl (C=O) groups is 4. The summed E-state index contributed by atoms with van der Waals surface area (Å²) in [5, 5.41) is 2.28. The molecule has 2 aromatic carbocycles. The number of imide groups is 1. The lowest BCUT2D eigenvalue weighted by Gasteiger charge is -2.35. The molecule has 4 aliphatic rings. The van der Waals surface area contributed by atoms with Gasteiger partial charge in [0.05, 0.1) is 5.75 Å². The highest BCUT2D eigenvalue weighted by Crippen LogP contribution is 2.38. The fourth-order valence-electron chi connectivity index (χ4n) is 6.96. The SMILES string of the molecule is O=C1CCC(N2Cc3c(cc(F)cc3C3CCN(S(=O)(=O)CC4CCN(C(=O)OCc5ccccc5)CC4)CC3)C2=O)C(=O)N1. The predicted octanol–water partition coefficient (Wildman–Crippen LogP) is 3.14. The number of nitrogens with one attached hydrogen (secondary N) is 1. The van der Waals surface area contributed by atoms with Crippen LogP contribution in [-0.2, 0) is 37.5 Å². The Morgan fingerprint density at radius 1 is 0.956 bits per heavy atom. The van der Waals surface area contributed by atoms with E-state index in [9.17, 15) is 32.0 Å². The molecule has 1 atom stereocenters. The Labute approximate surface area is 261 Å². The average Bonchev–Trinajstić information content (AvgIpc) is 3.35. The second kappa shape index (κ2) is 12.9. The number of sulfonamides is 1. The predicted molar refractivity (Wildman–Crippen MR) is 161 cm³/mol. The van der Waals surface area contributed by atoms with Crippen LogP contribution in [0.3, 0.4) is 0 Å². The van der Waals surface area contributed by atoms with Crippen molar-refractivity contribution in [1.82, 2.24) is 19.4 Å². The number of piperidine rings is 3. The Kier molecular flexibility index (Phi) is 8.91. The second-order valence-electron chi connectivity index (χ2n) is 12.3. The highest BCUT2D eigenvalue weighted by molar-refractivity contribution is 7.89. The molecule has 0 aliphatic carbocycles. The molecule has 13 heteroatoms. The van der Waals surface area contributed by atoms with Gasteiger partial charge in [-0.3, -0.25) is 19.7 Å². The molecule has 4 amide bonds. The van der Waals surface area contributed by atoms with Gasteiger partial charge in [0.25, 0.3) is 5.91 Å². The van der Waals surface area contributed by atoms with Crippen LogP contribution >= 0.6 is 0 Å². The fourth-order valence-corrected chi connectivity index (χ4v) is 8.87. The zero-order valence-electron chi connectivity index (χ0n) is 25.0. The van der Waals surface area contributed by atoms with Gasteiger partial charge in [-0.05, 0) is 72.8 Å². The summed E-state index contributed by atoms with van der Waals surface area (Å²) in [7, 11) is -3.54. The lowest BCUT2D eigenvalue weighted by Crippen LogP contribution is -2.52. The van der Waals surface area contributed by atoms with Gasteiger partial charge in [-0.1, -0.05) is 30.3 Å². The largest absolute Gasteiger partial charge is 0.445 e. The number of rotatable bonds is 7. The summed E-state index contributed by atoms with van der Waals surface area (Å²) >= 11 is 0. The van der Waals surface area contributed by atoms with Crippen LogP contribution < -0.4 is 5.32 Å². The molecular weight excluding hydrogens is 603 g/mol.